The molecular weight excluding hydrogens is 371 g/mol. The normalized spacial score (nSPS) is 14.2. The minimum atomic E-state index is -4.62. The number of nitrogens with zero attached hydrogens (tertiary/aromatic N) is 3. The molecule has 0 radical (unpaired) electrons. The maximum Gasteiger partial charge on any atom is 0.416 e. The molecule has 0 spiro atoms. The van der Waals surface area contributed by atoms with Gasteiger partial charge in [0, 0.05) is 14.0 Å². The molecule has 0 amide bonds. The highest BCUT2D eigenvalue weighted by Gasteiger charge is 2.34. The lowest BCUT2D eigenvalue weighted by Crippen LogP contribution is -2.30. The van der Waals surface area contributed by atoms with Gasteiger partial charge in [0.1, 0.15) is 10.9 Å². The van der Waals surface area contributed by atoms with Crippen LogP contribution in [-0.2, 0) is 16.2 Å². The Balaban J connectivity index is 2.39. The first-order chi connectivity index (χ1) is 10.9. The van der Waals surface area contributed by atoms with Crippen molar-refractivity contribution in [3.05, 3.63) is 40.6 Å². The van der Waals surface area contributed by atoms with Gasteiger partial charge in [-0.2, -0.15) is 17.5 Å². The van der Waals surface area contributed by atoms with Crippen molar-refractivity contribution in [2.45, 2.75) is 31.0 Å². The number of hydrogen-bond acceptors (Lipinski definition) is 5. The fraction of sp³-hybridized carbons (Fsp3) is 0.385. The van der Waals surface area contributed by atoms with Crippen LogP contribution in [-0.4, -0.2) is 30.0 Å². The number of benzene rings is 1. The zero-order valence-electron chi connectivity index (χ0n) is 12.8. The van der Waals surface area contributed by atoms with Gasteiger partial charge < -0.3 is 4.42 Å². The highest BCUT2D eigenvalue weighted by molar-refractivity contribution is 7.89. The summed E-state index contributed by atoms with van der Waals surface area (Å²) >= 11 is 5.76. The van der Waals surface area contributed by atoms with Crippen molar-refractivity contribution in [3.8, 4) is 0 Å². The van der Waals surface area contributed by atoms with Crippen LogP contribution in [0.5, 0.6) is 0 Å². The molecule has 1 atom stereocenters. The first kappa shape index (κ1) is 18.7. The minimum absolute atomic E-state index is 0.0570. The van der Waals surface area contributed by atoms with Gasteiger partial charge in [0.15, 0.2) is 0 Å². The Hall–Kier alpha value is -1.65. The summed E-state index contributed by atoms with van der Waals surface area (Å²) in [5.74, 6) is 0.316. The zero-order chi connectivity index (χ0) is 18.3. The van der Waals surface area contributed by atoms with Crippen LogP contribution in [0.15, 0.2) is 27.5 Å². The fourth-order valence-electron chi connectivity index (χ4n) is 1.89. The van der Waals surface area contributed by atoms with Crippen LogP contribution in [0.4, 0.5) is 13.2 Å². The van der Waals surface area contributed by atoms with E-state index in [4.69, 9.17) is 16.0 Å². The van der Waals surface area contributed by atoms with Crippen molar-refractivity contribution < 1.29 is 26.0 Å². The van der Waals surface area contributed by atoms with E-state index in [-0.39, 0.29) is 11.8 Å². The van der Waals surface area contributed by atoms with Gasteiger partial charge in [0.2, 0.25) is 21.8 Å². The Morgan fingerprint density at radius 1 is 1.29 bits per heavy atom. The van der Waals surface area contributed by atoms with E-state index in [0.29, 0.717) is 12.1 Å². The molecule has 0 bridgehead atoms. The molecular formula is C13H13ClF3N3O3S. The van der Waals surface area contributed by atoms with Gasteiger partial charge >= 0.3 is 6.18 Å². The average Bonchev–Trinajstić information content (AvgIpc) is 2.91. The summed E-state index contributed by atoms with van der Waals surface area (Å²) in [7, 11) is -2.92. The van der Waals surface area contributed by atoms with E-state index in [2.05, 4.69) is 10.2 Å². The Bertz CT molecular complexity index is 852. The number of alkyl halides is 3. The van der Waals surface area contributed by atoms with Gasteiger partial charge in [0.25, 0.3) is 0 Å². The Kier molecular flexibility index (Phi) is 4.93. The van der Waals surface area contributed by atoms with Crippen molar-refractivity contribution in [2.24, 2.45) is 0 Å². The van der Waals surface area contributed by atoms with Crippen LogP contribution in [0.25, 0.3) is 0 Å². The monoisotopic (exact) mass is 383 g/mol. The van der Waals surface area contributed by atoms with Crippen molar-refractivity contribution >= 4 is 21.6 Å². The van der Waals surface area contributed by atoms with Crippen LogP contribution in [0, 0.1) is 6.92 Å². The summed E-state index contributed by atoms with van der Waals surface area (Å²) in [6.45, 7) is 3.05. The van der Waals surface area contributed by atoms with Crippen molar-refractivity contribution in [2.75, 3.05) is 7.05 Å². The number of aromatic nitrogens is 2. The summed E-state index contributed by atoms with van der Waals surface area (Å²) < 4.78 is 69.3. The Morgan fingerprint density at radius 2 is 1.92 bits per heavy atom. The van der Waals surface area contributed by atoms with E-state index in [0.717, 1.165) is 10.4 Å². The predicted molar refractivity (Wildman–Crippen MR) is 78.9 cm³/mol. The number of aryl methyl sites for hydroxylation is 1. The largest absolute Gasteiger partial charge is 0.424 e. The first-order valence-electron chi connectivity index (χ1n) is 6.59. The molecule has 0 aliphatic heterocycles. The van der Waals surface area contributed by atoms with Gasteiger partial charge in [0.05, 0.1) is 10.6 Å². The van der Waals surface area contributed by atoms with Crippen LogP contribution >= 0.6 is 11.6 Å². The van der Waals surface area contributed by atoms with E-state index in [1.165, 1.54) is 14.0 Å². The van der Waals surface area contributed by atoms with Gasteiger partial charge in [-0.3, -0.25) is 0 Å². The minimum Gasteiger partial charge on any atom is -0.424 e. The van der Waals surface area contributed by atoms with Crippen molar-refractivity contribution in [1.82, 2.24) is 14.5 Å². The highest BCUT2D eigenvalue weighted by atomic mass is 35.5. The summed E-state index contributed by atoms with van der Waals surface area (Å²) in [6.07, 6.45) is -4.62. The number of halogens is 4. The average molecular weight is 384 g/mol. The van der Waals surface area contributed by atoms with Gasteiger partial charge in [-0.05, 0) is 25.1 Å². The summed E-state index contributed by atoms with van der Waals surface area (Å²) in [5, 5.41) is 6.83. The zero-order valence-corrected chi connectivity index (χ0v) is 14.4. The molecule has 2 aromatic rings. The molecule has 0 aliphatic carbocycles. The number of sulfonamides is 1. The molecule has 1 heterocycles. The molecule has 0 fully saturated rings. The summed E-state index contributed by atoms with van der Waals surface area (Å²) in [4.78, 5) is -0.442. The fourth-order valence-corrected chi connectivity index (χ4v) is 3.72. The standard InChI is InChI=1S/C13H13ClF3N3O3S/c1-7(12-19-18-8(2)23-12)20(3)24(21,22)11-5-4-9(6-10(11)14)13(15,16)17/h4-7H,1-3H3. The number of rotatable bonds is 4. The molecule has 2 rings (SSSR count). The quantitative estimate of drug-likeness (QED) is 0.808. The van der Waals surface area contributed by atoms with Crippen LogP contribution < -0.4 is 0 Å². The van der Waals surface area contributed by atoms with E-state index in [1.807, 2.05) is 0 Å². The van der Waals surface area contributed by atoms with E-state index in [9.17, 15) is 21.6 Å². The molecule has 1 aromatic carbocycles. The van der Waals surface area contributed by atoms with Crippen LogP contribution in [0.2, 0.25) is 5.02 Å². The second-order valence-electron chi connectivity index (χ2n) is 5.00. The lowest BCUT2D eigenvalue weighted by atomic mass is 10.2. The molecule has 24 heavy (non-hydrogen) atoms. The third kappa shape index (κ3) is 3.55. The molecule has 0 N–H and O–H groups in total. The molecule has 0 saturated heterocycles. The Morgan fingerprint density at radius 3 is 2.38 bits per heavy atom. The lowest BCUT2D eigenvalue weighted by molar-refractivity contribution is -0.137. The smallest absolute Gasteiger partial charge is 0.416 e. The SMILES string of the molecule is Cc1nnc(C(C)N(C)S(=O)(=O)c2ccc(C(F)(F)F)cc2Cl)o1. The van der Waals surface area contributed by atoms with Crippen LogP contribution in [0.3, 0.4) is 0 Å². The second-order valence-corrected chi connectivity index (χ2v) is 7.37. The number of hydrogen-bond donors (Lipinski definition) is 0. The summed E-state index contributed by atoms with van der Waals surface area (Å²) in [5.41, 5.74) is -1.03. The first-order valence-corrected chi connectivity index (χ1v) is 8.41. The third-order valence-corrected chi connectivity index (χ3v) is 5.77. The van der Waals surface area contributed by atoms with Crippen molar-refractivity contribution in [1.29, 1.82) is 0 Å². The van der Waals surface area contributed by atoms with Crippen LogP contribution in [0.1, 0.15) is 30.3 Å². The van der Waals surface area contributed by atoms with E-state index in [1.54, 1.807) is 6.92 Å². The second kappa shape index (κ2) is 6.34. The molecule has 0 aliphatic rings. The predicted octanol–water partition coefficient (Wildman–Crippen LogP) is 3.43. The topological polar surface area (TPSA) is 76.3 Å². The molecule has 6 nitrogen and oxygen atoms in total. The van der Waals surface area contributed by atoms with Gasteiger partial charge in [-0.15, -0.1) is 10.2 Å². The molecule has 11 heteroatoms. The van der Waals surface area contributed by atoms with E-state index >= 15 is 0 Å². The maximum absolute atomic E-state index is 12.7. The Labute approximate surface area is 141 Å². The lowest BCUT2D eigenvalue weighted by Gasteiger charge is -2.22. The highest BCUT2D eigenvalue weighted by Crippen LogP contribution is 2.35. The molecule has 1 unspecified atom stereocenters. The maximum atomic E-state index is 12.7. The van der Waals surface area contributed by atoms with Gasteiger partial charge in [-0.1, -0.05) is 11.6 Å². The molecule has 0 saturated carbocycles. The van der Waals surface area contributed by atoms with Crippen molar-refractivity contribution in [3.63, 3.8) is 0 Å². The molecule has 132 valence electrons. The molecule has 1 aromatic heterocycles. The van der Waals surface area contributed by atoms with E-state index < -0.39 is 37.7 Å². The summed E-state index contributed by atoms with van der Waals surface area (Å²) in [6, 6.07) is 1.23. The third-order valence-electron chi connectivity index (χ3n) is 3.36. The van der Waals surface area contributed by atoms with Gasteiger partial charge in [-0.25, -0.2) is 8.42 Å².